The Balaban J connectivity index is 2.11. The van der Waals surface area contributed by atoms with Gasteiger partial charge in [-0.3, -0.25) is 0 Å². The number of rotatable bonds is 2. The van der Waals surface area contributed by atoms with E-state index in [0.29, 0.717) is 6.04 Å². The minimum Gasteiger partial charge on any atom is -0.303 e. The van der Waals surface area contributed by atoms with Crippen LogP contribution in [0.5, 0.6) is 0 Å². The van der Waals surface area contributed by atoms with Gasteiger partial charge in [-0.1, -0.05) is 12.8 Å². The van der Waals surface area contributed by atoms with Crippen molar-refractivity contribution in [1.82, 2.24) is 5.32 Å². The van der Waals surface area contributed by atoms with Crippen molar-refractivity contribution in [1.29, 1.82) is 0 Å². The van der Waals surface area contributed by atoms with Gasteiger partial charge in [-0.25, -0.2) is 0 Å². The lowest BCUT2D eigenvalue weighted by Gasteiger charge is -2.07. The van der Waals surface area contributed by atoms with Crippen molar-refractivity contribution in [3.63, 3.8) is 0 Å². The molecule has 1 aliphatic heterocycles. The van der Waals surface area contributed by atoms with E-state index in [9.17, 15) is 0 Å². The van der Waals surface area contributed by atoms with Crippen LogP contribution in [0, 0.1) is 11.8 Å². The molecule has 1 saturated heterocycles. The Kier molecular flexibility index (Phi) is 3.82. The van der Waals surface area contributed by atoms with Crippen molar-refractivity contribution < 1.29 is 0 Å². The summed E-state index contributed by atoms with van der Waals surface area (Å²) in [6.07, 6.45) is 1.30. The molecule has 0 aromatic carbocycles. The van der Waals surface area contributed by atoms with Crippen LogP contribution in [0.15, 0.2) is 0 Å². The first-order valence-corrected chi connectivity index (χ1v) is 5.12. The van der Waals surface area contributed by atoms with Crippen LogP contribution in [0.3, 0.4) is 0 Å². The van der Waals surface area contributed by atoms with Gasteiger partial charge >= 0.3 is 0 Å². The molecule has 0 bridgehead atoms. The van der Waals surface area contributed by atoms with E-state index >= 15 is 0 Å². The summed E-state index contributed by atoms with van der Waals surface area (Å²) in [6.45, 7) is 5.03. The zero-order valence-corrected chi connectivity index (χ0v) is 8.00. The van der Waals surface area contributed by atoms with Gasteiger partial charge in [0.25, 0.3) is 0 Å². The lowest BCUT2D eigenvalue weighted by molar-refractivity contribution is 0.575. The maximum atomic E-state index is 3.42. The fourth-order valence-electron chi connectivity index (χ4n) is 1.24. The van der Waals surface area contributed by atoms with Crippen LogP contribution in [0.2, 0.25) is 0 Å². The van der Waals surface area contributed by atoms with Gasteiger partial charge in [-0.2, -0.15) is 11.8 Å². The summed E-state index contributed by atoms with van der Waals surface area (Å²) in [6, 6.07) is 0.704. The van der Waals surface area contributed by atoms with Crippen molar-refractivity contribution in [2.75, 3.05) is 12.3 Å². The molecule has 0 aromatic heterocycles. The number of hydrogen-bond donors (Lipinski definition) is 1. The lowest BCUT2D eigenvalue weighted by Crippen LogP contribution is -2.29. The van der Waals surface area contributed by atoms with Gasteiger partial charge in [0.15, 0.2) is 0 Å². The van der Waals surface area contributed by atoms with E-state index in [1.807, 2.05) is 6.92 Å². The molecule has 1 fully saturated rings. The van der Waals surface area contributed by atoms with Crippen molar-refractivity contribution >= 4 is 11.8 Å². The highest BCUT2D eigenvalue weighted by molar-refractivity contribution is 8.00. The molecule has 1 N–H and O–H groups in total. The van der Waals surface area contributed by atoms with Crippen molar-refractivity contribution in [3.05, 3.63) is 0 Å². The van der Waals surface area contributed by atoms with Crippen LogP contribution in [0.4, 0.5) is 0 Å². The number of hydrogen-bond acceptors (Lipinski definition) is 2. The summed E-state index contributed by atoms with van der Waals surface area (Å²) in [4.78, 5) is 0. The average Bonchev–Trinajstić information content (AvgIpc) is 2.37. The molecular weight excluding hydrogens is 154 g/mol. The lowest BCUT2D eigenvalue weighted by atomic mass is 10.2. The van der Waals surface area contributed by atoms with E-state index in [-0.39, 0.29) is 0 Å². The van der Waals surface area contributed by atoms with Crippen molar-refractivity contribution in [2.45, 2.75) is 31.6 Å². The third-order valence-corrected chi connectivity index (χ3v) is 3.21. The van der Waals surface area contributed by atoms with E-state index in [0.717, 1.165) is 11.8 Å². The van der Waals surface area contributed by atoms with E-state index < -0.39 is 0 Å². The minimum atomic E-state index is 0.704. The fourth-order valence-corrected chi connectivity index (χ4v) is 2.43. The van der Waals surface area contributed by atoms with Crippen LogP contribution in [0.25, 0.3) is 0 Å². The first-order valence-electron chi connectivity index (χ1n) is 4.07. The summed E-state index contributed by atoms with van der Waals surface area (Å²) in [5, 5.41) is 4.25. The molecule has 2 atom stereocenters. The highest BCUT2D eigenvalue weighted by Crippen LogP contribution is 2.25. The molecule has 2 heteroatoms. The van der Waals surface area contributed by atoms with Gasteiger partial charge in [0.1, 0.15) is 0 Å². The van der Waals surface area contributed by atoms with E-state index in [4.69, 9.17) is 0 Å². The highest BCUT2D eigenvalue weighted by Gasteiger charge is 2.20. The highest BCUT2D eigenvalue weighted by atomic mass is 32.2. The summed E-state index contributed by atoms with van der Waals surface area (Å²) in [5.74, 6) is 7.16. The zero-order chi connectivity index (χ0) is 8.10. The topological polar surface area (TPSA) is 12.0 Å². The predicted molar refractivity (Wildman–Crippen MR) is 51.8 cm³/mol. The molecular formula is C9H15NS. The normalized spacial score (nSPS) is 29.6. The summed E-state index contributed by atoms with van der Waals surface area (Å²) in [5.41, 5.74) is 0. The largest absolute Gasteiger partial charge is 0.303 e. The third-order valence-electron chi connectivity index (χ3n) is 1.85. The molecule has 62 valence electrons. The molecule has 0 amide bonds. The molecule has 11 heavy (non-hydrogen) atoms. The first-order chi connectivity index (χ1) is 5.33. The molecule has 1 heterocycles. The van der Waals surface area contributed by atoms with Crippen LogP contribution in [0.1, 0.15) is 20.3 Å². The summed E-state index contributed by atoms with van der Waals surface area (Å²) >= 11 is 2.05. The molecule has 0 saturated carbocycles. The molecule has 0 spiro atoms. The van der Waals surface area contributed by atoms with Gasteiger partial charge in [-0.15, -0.1) is 5.92 Å². The summed E-state index contributed by atoms with van der Waals surface area (Å²) in [7, 11) is 0. The maximum absolute atomic E-state index is 3.42. The zero-order valence-electron chi connectivity index (χ0n) is 7.18. The molecule has 1 nitrogen and oxygen atoms in total. The minimum absolute atomic E-state index is 0.704. The fraction of sp³-hybridized carbons (Fsp3) is 0.778. The molecule has 1 rings (SSSR count). The van der Waals surface area contributed by atoms with E-state index in [2.05, 4.69) is 35.8 Å². The standard InChI is InChI=1S/C9H15NS/c1-3-4-5-10-9-6-8(2)11-7-9/h8-10H,5-7H2,1-2H3. The molecule has 0 aromatic rings. The third kappa shape index (κ3) is 3.18. The average molecular weight is 169 g/mol. The monoisotopic (exact) mass is 169 g/mol. The number of thioether (sulfide) groups is 1. The Bertz CT molecular complexity index is 168. The van der Waals surface area contributed by atoms with Crippen LogP contribution in [-0.4, -0.2) is 23.6 Å². The Morgan fingerprint density at radius 3 is 3.00 bits per heavy atom. The molecule has 1 aliphatic rings. The number of nitrogens with one attached hydrogen (secondary N) is 1. The smallest absolute Gasteiger partial charge is 0.0578 e. The Morgan fingerprint density at radius 1 is 1.64 bits per heavy atom. The summed E-state index contributed by atoms with van der Waals surface area (Å²) < 4.78 is 0. The predicted octanol–water partition coefficient (Wildman–Crippen LogP) is 1.49. The second-order valence-electron chi connectivity index (χ2n) is 2.88. The van der Waals surface area contributed by atoms with Crippen molar-refractivity contribution in [3.8, 4) is 11.8 Å². The first kappa shape index (κ1) is 8.96. The Morgan fingerprint density at radius 2 is 2.45 bits per heavy atom. The SMILES string of the molecule is CC#CCNC1CSC(C)C1. The van der Waals surface area contributed by atoms with Gasteiger partial charge in [-0.05, 0) is 13.3 Å². The van der Waals surface area contributed by atoms with Crippen LogP contribution >= 0.6 is 11.8 Å². The van der Waals surface area contributed by atoms with E-state index in [1.165, 1.54) is 12.2 Å². The van der Waals surface area contributed by atoms with Gasteiger partial charge in [0.2, 0.25) is 0 Å². The van der Waals surface area contributed by atoms with Crippen molar-refractivity contribution in [2.24, 2.45) is 0 Å². The molecule has 2 unspecified atom stereocenters. The second-order valence-corrected chi connectivity index (χ2v) is 4.36. The Labute approximate surface area is 73.3 Å². The second kappa shape index (κ2) is 4.69. The quantitative estimate of drug-likeness (QED) is 0.629. The van der Waals surface area contributed by atoms with E-state index in [1.54, 1.807) is 0 Å². The Hall–Kier alpha value is -0.130. The van der Waals surface area contributed by atoms with Crippen LogP contribution in [-0.2, 0) is 0 Å². The molecule has 0 aliphatic carbocycles. The van der Waals surface area contributed by atoms with Gasteiger partial charge in [0.05, 0.1) is 6.54 Å². The van der Waals surface area contributed by atoms with Gasteiger partial charge in [0, 0.05) is 17.0 Å². The molecule has 0 radical (unpaired) electrons. The maximum Gasteiger partial charge on any atom is 0.0578 e. The van der Waals surface area contributed by atoms with Crippen LogP contribution < -0.4 is 5.32 Å². The van der Waals surface area contributed by atoms with Gasteiger partial charge < -0.3 is 5.32 Å².